The largest absolute Gasteiger partial charge is 0.294 e. The van der Waals surface area contributed by atoms with Crippen LogP contribution in [0.3, 0.4) is 0 Å². The van der Waals surface area contributed by atoms with Gasteiger partial charge in [0.1, 0.15) is 11.5 Å². The normalized spacial score (nSPS) is 12.4. The molecule has 0 atom stereocenters. The molecule has 7 heteroatoms. The molecule has 0 unspecified atom stereocenters. The van der Waals surface area contributed by atoms with E-state index in [9.17, 15) is 0 Å². The average molecular weight is 720 g/mol. The summed E-state index contributed by atoms with van der Waals surface area (Å²) in [5.74, 6) is 1.04. The molecule has 11 rings (SSSR count). The molecule has 0 bridgehead atoms. The van der Waals surface area contributed by atoms with Gasteiger partial charge in [-0.1, -0.05) is 66.7 Å². The van der Waals surface area contributed by atoms with Crippen molar-refractivity contribution in [2.45, 2.75) is 12.8 Å². The molecule has 1 aliphatic rings. The Kier molecular flexibility index (Phi) is 7.48. The Labute approximate surface area is 323 Å². The molecule has 0 amide bonds. The Morgan fingerprint density at radius 1 is 0.429 bits per heavy atom. The van der Waals surface area contributed by atoms with Crippen LogP contribution in [0.5, 0.6) is 0 Å². The standard InChI is InChI=1S/C49H33N7/c1-3-14-46-39(9-1)41-11-7-25-51-48(41)55(46)37-20-16-32(17-21-37)33-18-22-44(53-30-33)45-23-19-34(31-54-45)35-27-36(43-13-5-6-24-50-43)29-38(28-35)56-47-15-4-2-10-40(47)42-12-8-26-52-49(42)56/h1-6,8-10,12-31H,7,11H2. The minimum Gasteiger partial charge on any atom is -0.294 e. The van der Waals surface area contributed by atoms with Gasteiger partial charge in [0.05, 0.1) is 28.1 Å². The number of fused-ring (bicyclic) bond motifs is 6. The van der Waals surface area contributed by atoms with Gasteiger partial charge < -0.3 is 0 Å². The summed E-state index contributed by atoms with van der Waals surface area (Å²) in [5.41, 5.74) is 14.4. The Morgan fingerprint density at radius 3 is 1.84 bits per heavy atom. The molecule has 6 aromatic heterocycles. The fourth-order valence-electron chi connectivity index (χ4n) is 8.18. The third-order valence-corrected chi connectivity index (χ3v) is 10.8. The van der Waals surface area contributed by atoms with Crippen LogP contribution in [0, 0.1) is 0 Å². The zero-order chi connectivity index (χ0) is 37.0. The van der Waals surface area contributed by atoms with E-state index in [2.05, 4.69) is 118 Å². The maximum Gasteiger partial charge on any atom is 0.145 e. The number of aromatic nitrogens is 6. The lowest BCUT2D eigenvalue weighted by Crippen LogP contribution is -1.98. The minimum absolute atomic E-state index is 0.813. The number of benzene rings is 4. The highest BCUT2D eigenvalue weighted by molar-refractivity contribution is 6.08. The first-order valence-electron chi connectivity index (χ1n) is 18.9. The fourth-order valence-corrected chi connectivity index (χ4v) is 8.18. The van der Waals surface area contributed by atoms with Gasteiger partial charge in [-0.05, 0) is 103 Å². The molecule has 0 aliphatic carbocycles. The van der Waals surface area contributed by atoms with Gasteiger partial charge in [0.2, 0.25) is 0 Å². The van der Waals surface area contributed by atoms with Gasteiger partial charge in [-0.25, -0.2) is 9.98 Å². The summed E-state index contributed by atoms with van der Waals surface area (Å²) in [7, 11) is 0. The Hall–Kier alpha value is -7.51. The van der Waals surface area contributed by atoms with E-state index < -0.39 is 0 Å². The fraction of sp³-hybridized carbons (Fsp3) is 0.0408. The van der Waals surface area contributed by atoms with E-state index in [1.54, 1.807) is 0 Å². The molecule has 10 aromatic rings. The van der Waals surface area contributed by atoms with Crippen LogP contribution in [0.25, 0.3) is 89.1 Å². The van der Waals surface area contributed by atoms with Gasteiger partial charge in [-0.3, -0.25) is 24.1 Å². The van der Waals surface area contributed by atoms with Crippen molar-refractivity contribution in [2.24, 2.45) is 4.99 Å². The van der Waals surface area contributed by atoms with Crippen molar-refractivity contribution < 1.29 is 0 Å². The van der Waals surface area contributed by atoms with Crippen molar-refractivity contribution in [1.82, 2.24) is 29.1 Å². The molecular weight excluding hydrogens is 687 g/mol. The lowest BCUT2D eigenvalue weighted by molar-refractivity contribution is 1.00. The molecule has 7 heterocycles. The lowest BCUT2D eigenvalue weighted by atomic mass is 10.0. The number of para-hydroxylation sites is 2. The SMILES string of the molecule is C1=Nc2c(c3ccccc3n2-c2ccc(-c3ccc(-c4ccc(-c5cc(-c6ccccn6)cc(-n6c7ccccc7c7cccnc76)c5)cn4)nc3)cc2)CC1. The maximum atomic E-state index is 4.91. The summed E-state index contributed by atoms with van der Waals surface area (Å²) in [6.07, 6.45) is 11.6. The van der Waals surface area contributed by atoms with Gasteiger partial charge in [0.15, 0.2) is 0 Å². The molecule has 0 saturated carbocycles. The van der Waals surface area contributed by atoms with Crippen LogP contribution < -0.4 is 0 Å². The van der Waals surface area contributed by atoms with E-state index in [1.165, 1.54) is 21.9 Å². The van der Waals surface area contributed by atoms with Crippen molar-refractivity contribution in [1.29, 1.82) is 0 Å². The molecule has 4 aromatic carbocycles. The van der Waals surface area contributed by atoms with Crippen LogP contribution >= 0.6 is 0 Å². The zero-order valence-corrected chi connectivity index (χ0v) is 30.3. The first-order valence-corrected chi connectivity index (χ1v) is 18.9. The van der Waals surface area contributed by atoms with Crippen LogP contribution in [-0.4, -0.2) is 35.3 Å². The molecule has 7 nitrogen and oxygen atoms in total. The van der Waals surface area contributed by atoms with Gasteiger partial charge in [0, 0.05) is 80.8 Å². The minimum atomic E-state index is 0.813. The van der Waals surface area contributed by atoms with Crippen molar-refractivity contribution in [3.8, 4) is 56.3 Å². The summed E-state index contributed by atoms with van der Waals surface area (Å²) >= 11 is 0. The Balaban J connectivity index is 0.911. The number of aliphatic imine (C=N–C) groups is 1. The Morgan fingerprint density at radius 2 is 1.09 bits per heavy atom. The molecule has 0 spiro atoms. The molecule has 0 saturated heterocycles. The molecule has 0 N–H and O–H groups in total. The van der Waals surface area contributed by atoms with Crippen LogP contribution in [0.1, 0.15) is 12.0 Å². The van der Waals surface area contributed by atoms with Crippen LogP contribution in [-0.2, 0) is 6.42 Å². The van der Waals surface area contributed by atoms with Crippen molar-refractivity contribution in [3.63, 3.8) is 0 Å². The van der Waals surface area contributed by atoms with Crippen LogP contribution in [0.2, 0.25) is 0 Å². The summed E-state index contributed by atoms with van der Waals surface area (Å²) in [5, 5.41) is 3.57. The van der Waals surface area contributed by atoms with Gasteiger partial charge in [0.25, 0.3) is 0 Å². The first-order chi connectivity index (χ1) is 27.8. The van der Waals surface area contributed by atoms with Crippen LogP contribution in [0.4, 0.5) is 5.82 Å². The topological polar surface area (TPSA) is 73.8 Å². The predicted octanol–water partition coefficient (Wildman–Crippen LogP) is 11.6. The third kappa shape index (κ3) is 5.32. The van der Waals surface area contributed by atoms with E-state index >= 15 is 0 Å². The summed E-state index contributed by atoms with van der Waals surface area (Å²) in [4.78, 5) is 24.1. The molecular formula is C49H33N7. The highest BCUT2D eigenvalue weighted by Gasteiger charge is 2.20. The quantitative estimate of drug-likeness (QED) is 0.171. The highest BCUT2D eigenvalue weighted by Crippen LogP contribution is 2.39. The number of hydrogen-bond donors (Lipinski definition) is 0. The van der Waals surface area contributed by atoms with E-state index in [0.717, 1.165) is 91.5 Å². The smallest absolute Gasteiger partial charge is 0.145 e. The second kappa shape index (κ2) is 13.1. The predicted molar refractivity (Wildman–Crippen MR) is 227 cm³/mol. The number of nitrogens with zero attached hydrogens (tertiary/aromatic N) is 7. The summed E-state index contributed by atoms with van der Waals surface area (Å²) in [6, 6.07) is 50.8. The Bertz CT molecular complexity index is 3050. The van der Waals surface area contributed by atoms with Crippen molar-refractivity contribution in [2.75, 3.05) is 0 Å². The maximum absolute atomic E-state index is 4.91. The van der Waals surface area contributed by atoms with E-state index in [1.807, 2.05) is 67.4 Å². The molecule has 56 heavy (non-hydrogen) atoms. The van der Waals surface area contributed by atoms with Gasteiger partial charge in [-0.2, -0.15) is 0 Å². The zero-order valence-electron chi connectivity index (χ0n) is 30.3. The summed E-state index contributed by atoms with van der Waals surface area (Å²) < 4.78 is 4.52. The number of aryl methyl sites for hydroxylation is 1. The van der Waals surface area contributed by atoms with Gasteiger partial charge >= 0.3 is 0 Å². The van der Waals surface area contributed by atoms with Crippen molar-refractivity contribution >= 4 is 44.9 Å². The van der Waals surface area contributed by atoms with E-state index in [0.29, 0.717) is 0 Å². The van der Waals surface area contributed by atoms with E-state index in [4.69, 9.17) is 24.9 Å². The summed E-state index contributed by atoms with van der Waals surface area (Å²) in [6.45, 7) is 0. The number of rotatable bonds is 6. The highest BCUT2D eigenvalue weighted by atomic mass is 15.1. The monoisotopic (exact) mass is 719 g/mol. The molecule has 1 aliphatic heterocycles. The van der Waals surface area contributed by atoms with E-state index in [-0.39, 0.29) is 0 Å². The van der Waals surface area contributed by atoms with Crippen molar-refractivity contribution in [3.05, 3.63) is 176 Å². The van der Waals surface area contributed by atoms with Crippen LogP contribution in [0.15, 0.2) is 175 Å². The second-order valence-electron chi connectivity index (χ2n) is 14.1. The lowest BCUT2D eigenvalue weighted by Gasteiger charge is -2.13. The average Bonchev–Trinajstić information content (AvgIpc) is 3.80. The van der Waals surface area contributed by atoms with Gasteiger partial charge in [-0.15, -0.1) is 0 Å². The molecule has 0 radical (unpaired) electrons. The first kappa shape index (κ1) is 32.0. The number of hydrogen-bond acceptors (Lipinski definition) is 5. The number of pyridine rings is 4. The molecule has 264 valence electrons. The second-order valence-corrected chi connectivity index (χ2v) is 14.1. The third-order valence-electron chi connectivity index (χ3n) is 10.8. The molecule has 0 fully saturated rings.